The molecule has 2 aromatic carbocycles. The molecule has 2 amide bonds. The van der Waals surface area contributed by atoms with Crippen molar-refractivity contribution in [3.63, 3.8) is 0 Å². The fraction of sp³-hybridized carbons (Fsp3) is 0.417. The summed E-state index contributed by atoms with van der Waals surface area (Å²) in [5.74, 6) is 0.479. The van der Waals surface area contributed by atoms with E-state index in [9.17, 15) is 9.59 Å². The van der Waals surface area contributed by atoms with Crippen molar-refractivity contribution in [2.75, 3.05) is 16.8 Å². The Balaban J connectivity index is 1.43. The highest BCUT2D eigenvalue weighted by atomic mass is 16.2. The number of nitrogens with one attached hydrogen (secondary N) is 1. The van der Waals surface area contributed by atoms with Crippen molar-refractivity contribution in [2.45, 2.75) is 51.0 Å². The molecule has 2 fully saturated rings. The van der Waals surface area contributed by atoms with Crippen LogP contribution >= 0.6 is 0 Å². The van der Waals surface area contributed by atoms with Crippen LogP contribution in [-0.4, -0.2) is 18.4 Å². The lowest BCUT2D eigenvalue weighted by molar-refractivity contribution is -0.120. The Morgan fingerprint density at radius 1 is 1.07 bits per heavy atom. The molecule has 2 atom stereocenters. The third kappa shape index (κ3) is 4.35. The van der Waals surface area contributed by atoms with Crippen LogP contribution < -0.4 is 16.0 Å². The van der Waals surface area contributed by atoms with Crippen LogP contribution in [0, 0.1) is 5.92 Å². The van der Waals surface area contributed by atoms with Crippen LogP contribution in [-0.2, 0) is 16.1 Å². The number of carbonyl (C=O) groups is 2. The summed E-state index contributed by atoms with van der Waals surface area (Å²) in [4.78, 5) is 26.9. The minimum absolute atomic E-state index is 0.0219. The molecule has 1 aliphatic carbocycles. The highest BCUT2D eigenvalue weighted by Gasteiger charge is 2.34. The van der Waals surface area contributed by atoms with Gasteiger partial charge >= 0.3 is 0 Å². The maximum atomic E-state index is 13.0. The van der Waals surface area contributed by atoms with E-state index in [2.05, 4.69) is 17.4 Å². The quantitative estimate of drug-likeness (QED) is 0.803. The normalized spacial score (nSPS) is 22.0. The fourth-order valence-electron chi connectivity index (χ4n) is 4.66. The van der Waals surface area contributed by atoms with E-state index >= 15 is 0 Å². The summed E-state index contributed by atoms with van der Waals surface area (Å²) >= 11 is 0. The second kappa shape index (κ2) is 8.78. The molecule has 1 aliphatic heterocycles. The summed E-state index contributed by atoms with van der Waals surface area (Å²) in [5.41, 5.74) is 9.79. The summed E-state index contributed by atoms with van der Waals surface area (Å²) < 4.78 is 0. The van der Waals surface area contributed by atoms with E-state index in [-0.39, 0.29) is 23.7 Å². The molecule has 0 aromatic heterocycles. The standard InChI is InChI=1S/C24H29N3O2/c25-16-17-5-3-6-18(15-17)21-7-4-8-22(21)24(29)26-19-10-12-20(13-11-19)27-14-2-1-9-23(27)28/h3,5-6,10-13,15,21-22H,1-2,4,7-9,14,16,25H2,(H,26,29). The van der Waals surface area contributed by atoms with Gasteiger partial charge in [-0.1, -0.05) is 30.7 Å². The van der Waals surface area contributed by atoms with Gasteiger partial charge in [-0.3, -0.25) is 9.59 Å². The van der Waals surface area contributed by atoms with Crippen LogP contribution in [0.4, 0.5) is 11.4 Å². The van der Waals surface area contributed by atoms with Gasteiger partial charge in [0.05, 0.1) is 0 Å². The Hall–Kier alpha value is -2.66. The molecule has 1 saturated heterocycles. The molecule has 2 unspecified atom stereocenters. The van der Waals surface area contributed by atoms with Gasteiger partial charge in [-0.25, -0.2) is 0 Å². The van der Waals surface area contributed by atoms with Gasteiger partial charge in [0, 0.05) is 36.8 Å². The largest absolute Gasteiger partial charge is 0.326 e. The number of amides is 2. The number of carbonyl (C=O) groups excluding carboxylic acids is 2. The number of hydrogen-bond donors (Lipinski definition) is 2. The lowest BCUT2D eigenvalue weighted by atomic mass is 9.87. The number of piperidine rings is 1. The van der Waals surface area contributed by atoms with Crippen molar-refractivity contribution in [1.82, 2.24) is 0 Å². The molecule has 1 saturated carbocycles. The average molecular weight is 392 g/mol. The minimum atomic E-state index is -0.0219. The van der Waals surface area contributed by atoms with Gasteiger partial charge in [-0.15, -0.1) is 0 Å². The third-order valence-electron chi connectivity index (χ3n) is 6.24. The first-order valence-electron chi connectivity index (χ1n) is 10.7. The smallest absolute Gasteiger partial charge is 0.228 e. The summed E-state index contributed by atoms with van der Waals surface area (Å²) in [5, 5.41) is 3.09. The van der Waals surface area contributed by atoms with E-state index in [0.717, 1.165) is 55.6 Å². The van der Waals surface area contributed by atoms with Crippen molar-refractivity contribution in [1.29, 1.82) is 0 Å². The van der Waals surface area contributed by atoms with Gasteiger partial charge in [0.15, 0.2) is 0 Å². The second-order valence-corrected chi connectivity index (χ2v) is 8.13. The van der Waals surface area contributed by atoms with Gasteiger partial charge in [0.2, 0.25) is 11.8 Å². The minimum Gasteiger partial charge on any atom is -0.326 e. The van der Waals surface area contributed by atoms with E-state index in [0.29, 0.717) is 13.0 Å². The maximum Gasteiger partial charge on any atom is 0.228 e. The molecule has 0 bridgehead atoms. The zero-order chi connectivity index (χ0) is 20.2. The average Bonchev–Trinajstić information content (AvgIpc) is 3.25. The SMILES string of the molecule is NCc1cccc(C2CCCC2C(=O)Nc2ccc(N3CCCCC3=O)cc2)c1. The van der Waals surface area contributed by atoms with Crippen LogP contribution in [0.5, 0.6) is 0 Å². The number of anilines is 2. The summed E-state index contributed by atoms with van der Waals surface area (Å²) in [7, 11) is 0. The lowest BCUT2D eigenvalue weighted by Gasteiger charge is -2.27. The van der Waals surface area contributed by atoms with Gasteiger partial charge in [-0.2, -0.15) is 0 Å². The van der Waals surface area contributed by atoms with Crippen molar-refractivity contribution < 1.29 is 9.59 Å². The molecule has 0 spiro atoms. The molecule has 29 heavy (non-hydrogen) atoms. The number of nitrogens with zero attached hydrogens (tertiary/aromatic N) is 1. The third-order valence-corrected chi connectivity index (χ3v) is 6.24. The Morgan fingerprint density at radius 3 is 2.66 bits per heavy atom. The Kier molecular flexibility index (Phi) is 5.95. The Morgan fingerprint density at radius 2 is 1.90 bits per heavy atom. The van der Waals surface area contributed by atoms with Crippen LogP contribution in [0.3, 0.4) is 0 Å². The van der Waals surface area contributed by atoms with E-state index in [4.69, 9.17) is 5.73 Å². The molecule has 2 aliphatic rings. The number of nitrogens with two attached hydrogens (primary N) is 1. The van der Waals surface area contributed by atoms with E-state index in [1.54, 1.807) is 0 Å². The molecule has 4 rings (SSSR count). The second-order valence-electron chi connectivity index (χ2n) is 8.13. The Labute approximate surface area is 172 Å². The zero-order valence-corrected chi connectivity index (χ0v) is 16.8. The zero-order valence-electron chi connectivity index (χ0n) is 16.8. The number of rotatable bonds is 5. The number of hydrogen-bond acceptors (Lipinski definition) is 3. The van der Waals surface area contributed by atoms with Crippen LogP contribution in [0.25, 0.3) is 0 Å². The molecule has 5 heteroatoms. The van der Waals surface area contributed by atoms with Gasteiger partial charge < -0.3 is 16.0 Å². The highest BCUT2D eigenvalue weighted by Crippen LogP contribution is 2.40. The van der Waals surface area contributed by atoms with Crippen LogP contribution in [0.1, 0.15) is 55.6 Å². The number of benzene rings is 2. The first-order chi connectivity index (χ1) is 14.2. The van der Waals surface area contributed by atoms with Gasteiger partial charge in [-0.05, 0) is 67.0 Å². The topological polar surface area (TPSA) is 75.4 Å². The van der Waals surface area contributed by atoms with Crippen LogP contribution in [0.15, 0.2) is 48.5 Å². The van der Waals surface area contributed by atoms with E-state index in [1.165, 1.54) is 5.56 Å². The first-order valence-corrected chi connectivity index (χ1v) is 10.7. The predicted octanol–water partition coefficient (Wildman–Crippen LogP) is 4.18. The molecule has 0 radical (unpaired) electrons. The molecular formula is C24H29N3O2. The molecule has 152 valence electrons. The van der Waals surface area contributed by atoms with Crippen molar-refractivity contribution in [3.05, 3.63) is 59.7 Å². The molecule has 3 N–H and O–H groups in total. The molecule has 1 heterocycles. The monoisotopic (exact) mass is 391 g/mol. The van der Waals surface area contributed by atoms with Crippen molar-refractivity contribution >= 4 is 23.2 Å². The maximum absolute atomic E-state index is 13.0. The molecular weight excluding hydrogens is 362 g/mol. The van der Waals surface area contributed by atoms with E-state index in [1.807, 2.05) is 41.3 Å². The predicted molar refractivity (Wildman–Crippen MR) is 116 cm³/mol. The molecule has 5 nitrogen and oxygen atoms in total. The summed E-state index contributed by atoms with van der Waals surface area (Å²) in [6, 6.07) is 16.0. The first kappa shape index (κ1) is 19.6. The van der Waals surface area contributed by atoms with Crippen molar-refractivity contribution in [3.8, 4) is 0 Å². The lowest BCUT2D eigenvalue weighted by Crippen LogP contribution is -2.35. The summed E-state index contributed by atoms with van der Waals surface area (Å²) in [6.45, 7) is 1.29. The molecule has 2 aromatic rings. The van der Waals surface area contributed by atoms with E-state index < -0.39 is 0 Å². The van der Waals surface area contributed by atoms with Crippen molar-refractivity contribution in [2.24, 2.45) is 11.7 Å². The van der Waals surface area contributed by atoms with Gasteiger partial charge in [0.25, 0.3) is 0 Å². The Bertz CT molecular complexity index is 878. The van der Waals surface area contributed by atoms with Gasteiger partial charge in [0.1, 0.15) is 0 Å². The summed E-state index contributed by atoms with van der Waals surface area (Å²) in [6.07, 6.45) is 5.63. The highest BCUT2D eigenvalue weighted by molar-refractivity contribution is 5.95. The van der Waals surface area contributed by atoms with Crippen LogP contribution in [0.2, 0.25) is 0 Å². The fourth-order valence-corrected chi connectivity index (χ4v) is 4.66.